The molecule has 0 aliphatic carbocycles. The number of carboxylic acid groups (broad SMARTS) is 3. The van der Waals surface area contributed by atoms with Gasteiger partial charge in [0.1, 0.15) is 36.3 Å². The average molecular weight is 848 g/mol. The molecule has 6 amide bonds. The molecule has 25 heteroatoms. The van der Waals surface area contributed by atoms with E-state index in [-0.39, 0.29) is 57.1 Å². The molecule has 0 spiro atoms. The van der Waals surface area contributed by atoms with Crippen LogP contribution >= 0.6 is 0 Å². The molecule has 0 aliphatic heterocycles. The Kier molecular flexibility index (Phi) is 25.2. The van der Waals surface area contributed by atoms with E-state index in [1.807, 2.05) is 0 Å². The van der Waals surface area contributed by atoms with Gasteiger partial charge in [-0.2, -0.15) is 0 Å². The number of guanidine groups is 1. The van der Waals surface area contributed by atoms with E-state index in [2.05, 4.69) is 36.9 Å². The molecule has 0 heterocycles. The lowest BCUT2D eigenvalue weighted by atomic mass is 10.0. The van der Waals surface area contributed by atoms with Gasteiger partial charge in [0.05, 0.1) is 25.2 Å². The van der Waals surface area contributed by atoms with Crippen molar-refractivity contribution in [3.63, 3.8) is 0 Å². The molecule has 25 nitrogen and oxygen atoms in total. The van der Waals surface area contributed by atoms with Crippen LogP contribution in [0.2, 0.25) is 0 Å². The molecule has 0 aromatic rings. The van der Waals surface area contributed by atoms with Crippen LogP contribution in [0, 0.1) is 5.92 Å². The first kappa shape index (κ1) is 53.3. The third kappa shape index (κ3) is 22.2. The number of aliphatic imine (C=N–C) groups is 1. The molecule has 19 N–H and O–H groups in total. The standard InChI is InChI=1S/C34H61N11O14/c1-16(2)13-22(30(55)45-26(17(3)47)32(57)42-21(33(58)59)9-10-24(48)49)43-28(53)19(7-4-5-11-35)41-31(56)23(15-46)44-29(54)20(8-6-12-39-34(37)38)40-27(52)18(36)14-25(50)51/h16-23,26,46-47H,4-15,35-36H2,1-3H3,(H,40,52)(H,41,56)(H,42,57)(H,43,53)(H,44,54)(H,45,55)(H,48,49)(H,50,51)(H,58,59)(H4,37,38,39)/t17-,18+,19+,20+,21+,22+,23+,26+/m1/s1. The van der Waals surface area contributed by atoms with Crippen LogP contribution in [0.3, 0.4) is 0 Å². The quantitative estimate of drug-likeness (QED) is 0.0182. The van der Waals surface area contributed by atoms with E-state index in [9.17, 15) is 58.5 Å². The third-order valence-electron chi connectivity index (χ3n) is 8.37. The lowest BCUT2D eigenvalue weighted by Crippen LogP contribution is -2.61. The minimum absolute atomic E-state index is 0.0230. The maximum atomic E-state index is 13.7. The fourth-order valence-corrected chi connectivity index (χ4v) is 5.25. The van der Waals surface area contributed by atoms with Crippen molar-refractivity contribution in [2.75, 3.05) is 19.7 Å². The summed E-state index contributed by atoms with van der Waals surface area (Å²) in [4.78, 5) is 117. The van der Waals surface area contributed by atoms with Crippen LogP contribution in [0.1, 0.15) is 78.6 Å². The van der Waals surface area contributed by atoms with Crippen molar-refractivity contribution < 1.29 is 68.7 Å². The van der Waals surface area contributed by atoms with Crippen molar-refractivity contribution in [1.82, 2.24) is 31.9 Å². The second-order valence-electron chi connectivity index (χ2n) is 14.1. The third-order valence-corrected chi connectivity index (χ3v) is 8.37. The number of carbonyl (C=O) groups is 9. The van der Waals surface area contributed by atoms with E-state index < -0.39 is 128 Å². The van der Waals surface area contributed by atoms with Gasteiger partial charge in [-0.15, -0.1) is 0 Å². The summed E-state index contributed by atoms with van der Waals surface area (Å²) < 4.78 is 0. The number of hydrogen-bond acceptors (Lipinski definition) is 14. The Bertz CT molecular complexity index is 1480. The van der Waals surface area contributed by atoms with E-state index in [0.29, 0.717) is 6.42 Å². The average Bonchev–Trinajstić information content (AvgIpc) is 3.13. The van der Waals surface area contributed by atoms with Crippen LogP contribution in [-0.2, 0) is 43.2 Å². The lowest BCUT2D eigenvalue weighted by Gasteiger charge is -2.28. The van der Waals surface area contributed by atoms with Crippen LogP contribution in [0.25, 0.3) is 0 Å². The van der Waals surface area contributed by atoms with Crippen molar-refractivity contribution in [3.05, 3.63) is 0 Å². The molecule has 0 aliphatic rings. The summed E-state index contributed by atoms with van der Waals surface area (Å²) in [5.41, 5.74) is 21.9. The molecule has 0 aromatic heterocycles. The van der Waals surface area contributed by atoms with Crippen LogP contribution in [0.15, 0.2) is 4.99 Å². The molecular formula is C34H61N11O14. The number of aliphatic carboxylic acids is 3. The van der Waals surface area contributed by atoms with Crippen molar-refractivity contribution in [2.24, 2.45) is 33.8 Å². The Morgan fingerprint density at radius 3 is 1.58 bits per heavy atom. The summed E-state index contributed by atoms with van der Waals surface area (Å²) in [6.07, 6.45) is -2.87. The van der Waals surface area contributed by atoms with E-state index in [1.165, 1.54) is 0 Å². The molecule has 0 saturated heterocycles. The number of nitrogens with two attached hydrogens (primary N) is 4. The molecular weight excluding hydrogens is 786 g/mol. The molecule has 0 radical (unpaired) electrons. The first-order valence-corrected chi connectivity index (χ1v) is 18.8. The Morgan fingerprint density at radius 2 is 1.10 bits per heavy atom. The van der Waals surface area contributed by atoms with Gasteiger partial charge in [0.25, 0.3) is 0 Å². The maximum Gasteiger partial charge on any atom is 0.326 e. The number of amides is 6. The minimum atomic E-state index is -1.75. The molecule has 0 bridgehead atoms. The Labute approximate surface area is 340 Å². The van der Waals surface area contributed by atoms with Gasteiger partial charge in [0.2, 0.25) is 35.4 Å². The second-order valence-corrected chi connectivity index (χ2v) is 14.1. The normalized spacial score (nSPS) is 15.1. The molecule has 8 atom stereocenters. The Morgan fingerprint density at radius 1 is 0.610 bits per heavy atom. The number of rotatable bonds is 30. The number of nitrogens with zero attached hydrogens (tertiary/aromatic N) is 1. The summed E-state index contributed by atoms with van der Waals surface area (Å²) in [5, 5.41) is 61.6. The molecule has 59 heavy (non-hydrogen) atoms. The Hall–Kier alpha value is -5.66. The SMILES string of the molecule is CC(C)C[C@H](NC(=O)[C@H](CCCCN)NC(=O)[C@H](CO)NC(=O)[C@H](CCCN=C(N)N)NC(=O)[C@@H](N)CC(=O)O)C(=O)N[C@H](C(=O)N[C@@H](CCC(=O)O)C(=O)O)[C@@H](C)O. The summed E-state index contributed by atoms with van der Waals surface area (Å²) in [6, 6.07) is -10.9. The molecule has 0 fully saturated rings. The van der Waals surface area contributed by atoms with Crippen molar-refractivity contribution in [3.8, 4) is 0 Å². The van der Waals surface area contributed by atoms with Crippen LogP contribution in [0.4, 0.5) is 0 Å². The first-order chi connectivity index (χ1) is 27.5. The highest BCUT2D eigenvalue weighted by molar-refractivity contribution is 5.97. The highest BCUT2D eigenvalue weighted by atomic mass is 16.4. The zero-order chi connectivity index (χ0) is 45.4. The minimum Gasteiger partial charge on any atom is -0.481 e. The highest BCUT2D eigenvalue weighted by Gasteiger charge is 2.35. The van der Waals surface area contributed by atoms with E-state index in [4.69, 9.17) is 33.1 Å². The van der Waals surface area contributed by atoms with Crippen molar-refractivity contribution in [2.45, 2.75) is 127 Å². The monoisotopic (exact) mass is 847 g/mol. The molecule has 336 valence electrons. The first-order valence-electron chi connectivity index (χ1n) is 18.8. The number of nitrogens with one attached hydrogen (secondary N) is 6. The summed E-state index contributed by atoms with van der Waals surface area (Å²) >= 11 is 0. The molecule has 0 rings (SSSR count). The highest BCUT2D eigenvalue weighted by Crippen LogP contribution is 2.10. The Balaban J connectivity index is 6.24. The van der Waals surface area contributed by atoms with Crippen LogP contribution in [0.5, 0.6) is 0 Å². The largest absolute Gasteiger partial charge is 0.481 e. The van der Waals surface area contributed by atoms with Crippen LogP contribution in [-0.4, -0.2) is 153 Å². The van der Waals surface area contributed by atoms with Gasteiger partial charge >= 0.3 is 17.9 Å². The van der Waals surface area contributed by atoms with Crippen molar-refractivity contribution >= 4 is 59.3 Å². The summed E-state index contributed by atoms with van der Waals surface area (Å²) in [5.74, 6) is -10.9. The second kappa shape index (κ2) is 27.9. The van der Waals surface area contributed by atoms with E-state index in [1.54, 1.807) is 13.8 Å². The number of carbonyl (C=O) groups excluding carboxylic acids is 6. The van der Waals surface area contributed by atoms with E-state index >= 15 is 0 Å². The molecule has 0 saturated carbocycles. The van der Waals surface area contributed by atoms with Crippen molar-refractivity contribution in [1.29, 1.82) is 0 Å². The smallest absolute Gasteiger partial charge is 0.326 e. The number of hydrogen-bond donors (Lipinski definition) is 15. The number of carboxylic acids is 3. The summed E-state index contributed by atoms with van der Waals surface area (Å²) in [7, 11) is 0. The number of aliphatic hydroxyl groups is 2. The van der Waals surface area contributed by atoms with Gasteiger partial charge < -0.3 is 80.4 Å². The zero-order valence-corrected chi connectivity index (χ0v) is 33.3. The van der Waals surface area contributed by atoms with Gasteiger partial charge in [-0.1, -0.05) is 13.8 Å². The van der Waals surface area contributed by atoms with Gasteiger partial charge in [-0.05, 0) is 64.3 Å². The topological polar surface area (TPSA) is 443 Å². The van der Waals surface area contributed by atoms with E-state index in [0.717, 1.165) is 6.92 Å². The number of aliphatic hydroxyl groups excluding tert-OH is 2. The lowest BCUT2D eigenvalue weighted by molar-refractivity contribution is -0.144. The van der Waals surface area contributed by atoms with Gasteiger partial charge in [-0.3, -0.25) is 43.3 Å². The number of unbranched alkanes of at least 4 members (excludes halogenated alkanes) is 1. The zero-order valence-electron chi connectivity index (χ0n) is 33.3. The predicted molar refractivity (Wildman–Crippen MR) is 207 cm³/mol. The molecule has 0 aromatic carbocycles. The molecule has 0 unspecified atom stereocenters. The van der Waals surface area contributed by atoms with Gasteiger partial charge in [-0.25, -0.2) is 4.79 Å². The van der Waals surface area contributed by atoms with Crippen LogP contribution < -0.4 is 54.8 Å². The van der Waals surface area contributed by atoms with Gasteiger partial charge in [0.15, 0.2) is 5.96 Å². The van der Waals surface area contributed by atoms with Gasteiger partial charge in [0, 0.05) is 13.0 Å². The maximum absolute atomic E-state index is 13.7. The predicted octanol–water partition coefficient (Wildman–Crippen LogP) is -5.75. The summed E-state index contributed by atoms with van der Waals surface area (Å²) in [6.45, 7) is 3.78. The fraction of sp³-hybridized carbons (Fsp3) is 0.706. The fourth-order valence-electron chi connectivity index (χ4n) is 5.25.